The average molecular weight is 273 g/mol. The number of carbonyl (C=O) groups is 1. The maximum Gasteiger partial charge on any atom is 0.253 e. The van der Waals surface area contributed by atoms with E-state index in [-0.39, 0.29) is 5.91 Å². The van der Waals surface area contributed by atoms with Crippen molar-refractivity contribution < 1.29 is 4.79 Å². The Kier molecular flexibility index (Phi) is 4.79. The molecule has 0 aliphatic heterocycles. The molecule has 0 saturated carbocycles. The second-order valence-electron chi connectivity index (χ2n) is 5.38. The number of fused-ring (bicyclic) bond motifs is 1. The van der Waals surface area contributed by atoms with Gasteiger partial charge in [0, 0.05) is 42.3 Å². The standard InChI is InChI=1S/C16H23N3O/c1-4-9-19(11-10-18(2)3)16(20)14-5-6-15-13(12-14)7-8-17-15/h5-8,12,17H,4,9-11H2,1-3H3. The van der Waals surface area contributed by atoms with E-state index < -0.39 is 0 Å². The minimum absolute atomic E-state index is 0.122. The zero-order valence-electron chi connectivity index (χ0n) is 12.5. The molecule has 0 fully saturated rings. The molecule has 0 unspecified atom stereocenters. The number of hydrogen-bond acceptors (Lipinski definition) is 2. The van der Waals surface area contributed by atoms with Crippen LogP contribution in [-0.2, 0) is 0 Å². The smallest absolute Gasteiger partial charge is 0.253 e. The van der Waals surface area contributed by atoms with E-state index in [0.717, 1.165) is 42.5 Å². The van der Waals surface area contributed by atoms with E-state index in [1.807, 2.05) is 49.5 Å². The molecule has 1 aromatic heterocycles. The molecule has 0 aliphatic carbocycles. The minimum atomic E-state index is 0.122. The average Bonchev–Trinajstić information content (AvgIpc) is 2.89. The highest BCUT2D eigenvalue weighted by atomic mass is 16.2. The fourth-order valence-electron chi connectivity index (χ4n) is 2.27. The van der Waals surface area contributed by atoms with Crippen molar-refractivity contribution in [2.75, 3.05) is 33.7 Å². The van der Waals surface area contributed by atoms with Gasteiger partial charge in [-0.2, -0.15) is 0 Å². The van der Waals surface area contributed by atoms with Crippen LogP contribution in [0.1, 0.15) is 23.7 Å². The maximum atomic E-state index is 12.6. The van der Waals surface area contributed by atoms with Crippen molar-refractivity contribution in [2.45, 2.75) is 13.3 Å². The summed E-state index contributed by atoms with van der Waals surface area (Å²) in [6.45, 7) is 4.56. The van der Waals surface area contributed by atoms with Gasteiger partial charge in [-0.05, 0) is 44.8 Å². The van der Waals surface area contributed by atoms with E-state index in [9.17, 15) is 4.79 Å². The highest BCUT2D eigenvalue weighted by molar-refractivity contribution is 5.98. The molecule has 0 radical (unpaired) electrons. The molecule has 0 atom stereocenters. The zero-order chi connectivity index (χ0) is 14.5. The summed E-state index contributed by atoms with van der Waals surface area (Å²) in [6.07, 6.45) is 2.88. The number of rotatable bonds is 6. The molecule has 0 aliphatic rings. The molecule has 0 bridgehead atoms. The summed E-state index contributed by atoms with van der Waals surface area (Å²) in [5.41, 5.74) is 1.83. The van der Waals surface area contributed by atoms with Gasteiger partial charge in [0.25, 0.3) is 5.91 Å². The van der Waals surface area contributed by atoms with Crippen LogP contribution in [0.5, 0.6) is 0 Å². The van der Waals surface area contributed by atoms with Crippen molar-refractivity contribution in [3.63, 3.8) is 0 Å². The molecule has 0 saturated heterocycles. The number of aromatic nitrogens is 1. The lowest BCUT2D eigenvalue weighted by atomic mass is 10.1. The van der Waals surface area contributed by atoms with Crippen LogP contribution >= 0.6 is 0 Å². The predicted octanol–water partition coefficient (Wildman–Crippen LogP) is 2.58. The van der Waals surface area contributed by atoms with Crippen LogP contribution in [0, 0.1) is 0 Å². The number of aromatic amines is 1. The van der Waals surface area contributed by atoms with E-state index in [4.69, 9.17) is 0 Å². The summed E-state index contributed by atoms with van der Waals surface area (Å²) >= 11 is 0. The van der Waals surface area contributed by atoms with Crippen LogP contribution in [-0.4, -0.2) is 54.4 Å². The molecule has 2 aromatic rings. The SMILES string of the molecule is CCCN(CCN(C)C)C(=O)c1ccc2[nH]ccc2c1. The van der Waals surface area contributed by atoms with Gasteiger partial charge in [0.05, 0.1) is 0 Å². The van der Waals surface area contributed by atoms with Gasteiger partial charge in [-0.1, -0.05) is 6.92 Å². The monoisotopic (exact) mass is 273 g/mol. The van der Waals surface area contributed by atoms with Crippen LogP contribution in [0.15, 0.2) is 30.5 Å². The number of amides is 1. The van der Waals surface area contributed by atoms with Gasteiger partial charge in [0.1, 0.15) is 0 Å². The number of likely N-dealkylation sites (N-methyl/N-ethyl adjacent to an activating group) is 1. The fourth-order valence-corrected chi connectivity index (χ4v) is 2.27. The first-order chi connectivity index (χ1) is 9.61. The molecule has 1 heterocycles. The largest absolute Gasteiger partial charge is 0.361 e. The van der Waals surface area contributed by atoms with Crippen molar-refractivity contribution in [3.8, 4) is 0 Å². The third-order valence-electron chi connectivity index (χ3n) is 3.40. The van der Waals surface area contributed by atoms with Crippen LogP contribution in [0.3, 0.4) is 0 Å². The third kappa shape index (κ3) is 3.39. The highest BCUT2D eigenvalue weighted by Gasteiger charge is 2.15. The van der Waals surface area contributed by atoms with Gasteiger partial charge < -0.3 is 14.8 Å². The van der Waals surface area contributed by atoms with Gasteiger partial charge in [0.2, 0.25) is 0 Å². The number of H-pyrrole nitrogens is 1. The van der Waals surface area contributed by atoms with Gasteiger partial charge >= 0.3 is 0 Å². The lowest BCUT2D eigenvalue weighted by Crippen LogP contribution is -2.37. The van der Waals surface area contributed by atoms with E-state index >= 15 is 0 Å². The Morgan fingerprint density at radius 3 is 2.65 bits per heavy atom. The molecule has 0 spiro atoms. The van der Waals surface area contributed by atoms with Crippen LogP contribution in [0.25, 0.3) is 10.9 Å². The lowest BCUT2D eigenvalue weighted by Gasteiger charge is -2.24. The number of carbonyl (C=O) groups excluding carboxylic acids is 1. The first-order valence-corrected chi connectivity index (χ1v) is 7.13. The molecular weight excluding hydrogens is 250 g/mol. The lowest BCUT2D eigenvalue weighted by molar-refractivity contribution is 0.0745. The van der Waals surface area contributed by atoms with Crippen molar-refractivity contribution in [2.24, 2.45) is 0 Å². The highest BCUT2D eigenvalue weighted by Crippen LogP contribution is 2.16. The second kappa shape index (κ2) is 6.57. The fraction of sp³-hybridized carbons (Fsp3) is 0.438. The number of hydrogen-bond donors (Lipinski definition) is 1. The summed E-state index contributed by atoms with van der Waals surface area (Å²) in [4.78, 5) is 19.8. The normalized spacial score (nSPS) is 11.2. The molecule has 20 heavy (non-hydrogen) atoms. The summed E-state index contributed by atoms with van der Waals surface area (Å²) < 4.78 is 0. The number of nitrogens with zero attached hydrogens (tertiary/aromatic N) is 2. The van der Waals surface area contributed by atoms with E-state index in [2.05, 4.69) is 16.8 Å². The Morgan fingerprint density at radius 2 is 1.95 bits per heavy atom. The van der Waals surface area contributed by atoms with Crippen molar-refractivity contribution in [3.05, 3.63) is 36.0 Å². The topological polar surface area (TPSA) is 39.3 Å². The predicted molar refractivity (Wildman–Crippen MR) is 83.0 cm³/mol. The van der Waals surface area contributed by atoms with Gasteiger partial charge in [-0.3, -0.25) is 4.79 Å². The van der Waals surface area contributed by atoms with Crippen molar-refractivity contribution in [1.82, 2.24) is 14.8 Å². The Balaban J connectivity index is 2.16. The second-order valence-corrected chi connectivity index (χ2v) is 5.38. The number of nitrogens with one attached hydrogen (secondary N) is 1. The minimum Gasteiger partial charge on any atom is -0.361 e. The zero-order valence-corrected chi connectivity index (χ0v) is 12.5. The maximum absolute atomic E-state index is 12.6. The molecular formula is C16H23N3O. The van der Waals surface area contributed by atoms with Crippen molar-refractivity contribution >= 4 is 16.8 Å². The van der Waals surface area contributed by atoms with Crippen LogP contribution < -0.4 is 0 Å². The van der Waals surface area contributed by atoms with Gasteiger partial charge in [-0.25, -0.2) is 0 Å². The molecule has 4 heteroatoms. The Hall–Kier alpha value is -1.81. The first-order valence-electron chi connectivity index (χ1n) is 7.13. The van der Waals surface area contributed by atoms with E-state index in [1.54, 1.807) is 0 Å². The van der Waals surface area contributed by atoms with Gasteiger partial charge in [0.15, 0.2) is 0 Å². The first kappa shape index (κ1) is 14.6. The summed E-state index contributed by atoms with van der Waals surface area (Å²) in [5.74, 6) is 0.122. The van der Waals surface area contributed by atoms with Crippen LogP contribution in [0.4, 0.5) is 0 Å². The van der Waals surface area contributed by atoms with Crippen molar-refractivity contribution in [1.29, 1.82) is 0 Å². The summed E-state index contributed by atoms with van der Waals surface area (Å²) in [5, 5.41) is 1.08. The summed E-state index contributed by atoms with van der Waals surface area (Å²) in [6, 6.07) is 7.83. The number of benzene rings is 1. The molecule has 4 nitrogen and oxygen atoms in total. The molecule has 2 rings (SSSR count). The molecule has 1 amide bonds. The molecule has 1 N–H and O–H groups in total. The Morgan fingerprint density at radius 1 is 1.15 bits per heavy atom. The Labute approximate surface area is 120 Å². The molecule has 1 aromatic carbocycles. The van der Waals surface area contributed by atoms with E-state index in [0.29, 0.717) is 0 Å². The van der Waals surface area contributed by atoms with Crippen LogP contribution in [0.2, 0.25) is 0 Å². The Bertz CT molecular complexity index is 574. The molecule has 108 valence electrons. The van der Waals surface area contributed by atoms with Gasteiger partial charge in [-0.15, -0.1) is 0 Å². The quantitative estimate of drug-likeness (QED) is 0.878. The van der Waals surface area contributed by atoms with E-state index in [1.165, 1.54) is 0 Å². The summed E-state index contributed by atoms with van der Waals surface area (Å²) in [7, 11) is 4.06. The third-order valence-corrected chi connectivity index (χ3v) is 3.40.